The molecule has 0 saturated heterocycles. The standard InChI is InChI=1S/C16H26N2O/c1-3-10-17-11-14-8-9-16(18-12-14)19-15-7-5-4-6-13(15)2/h8-9,12-13,15,17H,3-7,10-11H2,1-2H3. The Morgan fingerprint density at radius 2 is 2.16 bits per heavy atom. The number of ether oxygens (including phenoxy) is 1. The van der Waals surface area contributed by atoms with Gasteiger partial charge in [-0.3, -0.25) is 0 Å². The Kier molecular flexibility index (Phi) is 5.64. The average molecular weight is 262 g/mol. The number of rotatable bonds is 6. The molecule has 2 unspecified atom stereocenters. The van der Waals surface area contributed by atoms with E-state index in [-0.39, 0.29) is 0 Å². The molecule has 0 spiro atoms. The second-order valence-electron chi connectivity index (χ2n) is 5.60. The van der Waals surface area contributed by atoms with Gasteiger partial charge in [-0.2, -0.15) is 0 Å². The van der Waals surface area contributed by atoms with Gasteiger partial charge in [-0.25, -0.2) is 4.98 Å². The summed E-state index contributed by atoms with van der Waals surface area (Å²) in [6.45, 7) is 6.40. The van der Waals surface area contributed by atoms with Gasteiger partial charge in [0, 0.05) is 18.8 Å². The number of hydrogen-bond acceptors (Lipinski definition) is 3. The van der Waals surface area contributed by atoms with Gasteiger partial charge < -0.3 is 10.1 Å². The first kappa shape index (κ1) is 14.3. The molecule has 0 aliphatic heterocycles. The first-order chi connectivity index (χ1) is 9.29. The van der Waals surface area contributed by atoms with Crippen LogP contribution >= 0.6 is 0 Å². The van der Waals surface area contributed by atoms with E-state index in [0.717, 1.165) is 25.4 Å². The summed E-state index contributed by atoms with van der Waals surface area (Å²) in [5.41, 5.74) is 1.22. The molecule has 2 rings (SSSR count). The molecule has 1 saturated carbocycles. The van der Waals surface area contributed by atoms with Gasteiger partial charge in [-0.05, 0) is 43.7 Å². The largest absolute Gasteiger partial charge is 0.474 e. The van der Waals surface area contributed by atoms with Crippen molar-refractivity contribution in [1.82, 2.24) is 10.3 Å². The summed E-state index contributed by atoms with van der Waals surface area (Å²) in [5, 5.41) is 3.38. The third-order valence-electron chi connectivity index (χ3n) is 3.86. The maximum atomic E-state index is 6.02. The van der Waals surface area contributed by atoms with Crippen LogP contribution in [0.1, 0.15) is 51.5 Å². The summed E-state index contributed by atoms with van der Waals surface area (Å²) in [6.07, 6.45) is 8.52. The van der Waals surface area contributed by atoms with E-state index in [1.807, 2.05) is 12.3 Å². The summed E-state index contributed by atoms with van der Waals surface area (Å²) in [6, 6.07) is 4.11. The van der Waals surface area contributed by atoms with Crippen LogP contribution in [-0.4, -0.2) is 17.6 Å². The first-order valence-electron chi connectivity index (χ1n) is 7.62. The topological polar surface area (TPSA) is 34.1 Å². The van der Waals surface area contributed by atoms with Crippen molar-refractivity contribution in [2.45, 2.75) is 58.6 Å². The molecule has 1 aliphatic carbocycles. The minimum absolute atomic E-state index is 0.352. The zero-order valence-corrected chi connectivity index (χ0v) is 12.2. The number of nitrogens with zero attached hydrogens (tertiary/aromatic N) is 1. The monoisotopic (exact) mass is 262 g/mol. The molecule has 2 atom stereocenters. The lowest BCUT2D eigenvalue weighted by Gasteiger charge is -2.28. The van der Waals surface area contributed by atoms with Crippen molar-refractivity contribution >= 4 is 0 Å². The van der Waals surface area contributed by atoms with Crippen LogP contribution in [0, 0.1) is 5.92 Å². The van der Waals surface area contributed by atoms with Gasteiger partial charge >= 0.3 is 0 Å². The molecular formula is C16H26N2O. The van der Waals surface area contributed by atoms with E-state index >= 15 is 0 Å². The highest BCUT2D eigenvalue weighted by molar-refractivity contribution is 5.18. The fourth-order valence-corrected chi connectivity index (χ4v) is 2.61. The minimum Gasteiger partial charge on any atom is -0.474 e. The third-order valence-corrected chi connectivity index (χ3v) is 3.86. The van der Waals surface area contributed by atoms with Gasteiger partial charge in [0.1, 0.15) is 6.10 Å². The first-order valence-corrected chi connectivity index (χ1v) is 7.62. The lowest BCUT2D eigenvalue weighted by atomic mass is 9.88. The van der Waals surface area contributed by atoms with E-state index in [2.05, 4.69) is 30.2 Å². The Labute approximate surface area is 116 Å². The summed E-state index contributed by atoms with van der Waals surface area (Å²) < 4.78 is 6.02. The predicted molar refractivity (Wildman–Crippen MR) is 78.3 cm³/mol. The molecule has 1 aliphatic rings. The van der Waals surface area contributed by atoms with E-state index in [1.54, 1.807) is 0 Å². The molecule has 0 bridgehead atoms. The zero-order valence-electron chi connectivity index (χ0n) is 12.2. The quantitative estimate of drug-likeness (QED) is 0.796. The number of hydrogen-bond donors (Lipinski definition) is 1. The van der Waals surface area contributed by atoms with Gasteiger partial charge in [0.2, 0.25) is 5.88 Å². The molecule has 0 radical (unpaired) electrons. The molecule has 1 fully saturated rings. The Morgan fingerprint density at radius 3 is 2.84 bits per heavy atom. The van der Waals surface area contributed by atoms with E-state index in [1.165, 1.54) is 31.2 Å². The molecular weight excluding hydrogens is 236 g/mol. The molecule has 1 N–H and O–H groups in total. The predicted octanol–water partition coefficient (Wildman–Crippen LogP) is 3.54. The summed E-state index contributed by atoms with van der Waals surface area (Å²) in [5.74, 6) is 1.43. The molecule has 19 heavy (non-hydrogen) atoms. The molecule has 0 aromatic carbocycles. The van der Waals surface area contributed by atoms with Crippen LogP contribution in [0.5, 0.6) is 5.88 Å². The van der Waals surface area contributed by atoms with Crippen molar-refractivity contribution < 1.29 is 4.74 Å². The highest BCUT2D eigenvalue weighted by Crippen LogP contribution is 2.27. The number of aromatic nitrogens is 1. The number of nitrogens with one attached hydrogen (secondary N) is 1. The van der Waals surface area contributed by atoms with Gasteiger partial charge in [0.25, 0.3) is 0 Å². The Morgan fingerprint density at radius 1 is 1.32 bits per heavy atom. The van der Waals surface area contributed by atoms with Crippen molar-refractivity contribution in [1.29, 1.82) is 0 Å². The highest BCUT2D eigenvalue weighted by atomic mass is 16.5. The molecule has 3 nitrogen and oxygen atoms in total. The maximum absolute atomic E-state index is 6.02. The highest BCUT2D eigenvalue weighted by Gasteiger charge is 2.23. The maximum Gasteiger partial charge on any atom is 0.213 e. The second kappa shape index (κ2) is 7.49. The fraction of sp³-hybridized carbons (Fsp3) is 0.688. The minimum atomic E-state index is 0.352. The SMILES string of the molecule is CCCNCc1ccc(OC2CCCCC2C)nc1. The van der Waals surface area contributed by atoms with E-state index in [9.17, 15) is 0 Å². The normalized spacial score (nSPS) is 23.3. The van der Waals surface area contributed by atoms with E-state index in [0.29, 0.717) is 12.0 Å². The third kappa shape index (κ3) is 4.50. The Balaban J connectivity index is 1.84. The fourth-order valence-electron chi connectivity index (χ4n) is 2.61. The van der Waals surface area contributed by atoms with Gasteiger partial charge in [-0.1, -0.05) is 26.3 Å². The summed E-state index contributed by atoms with van der Waals surface area (Å²) >= 11 is 0. The van der Waals surface area contributed by atoms with Crippen LogP contribution in [0.3, 0.4) is 0 Å². The van der Waals surface area contributed by atoms with Crippen molar-refractivity contribution in [3.63, 3.8) is 0 Å². The lowest BCUT2D eigenvalue weighted by Crippen LogP contribution is -2.28. The van der Waals surface area contributed by atoms with Crippen LogP contribution < -0.4 is 10.1 Å². The molecule has 106 valence electrons. The van der Waals surface area contributed by atoms with Crippen molar-refractivity contribution in [2.24, 2.45) is 5.92 Å². The smallest absolute Gasteiger partial charge is 0.213 e. The van der Waals surface area contributed by atoms with Crippen LogP contribution in [0.15, 0.2) is 18.3 Å². The lowest BCUT2D eigenvalue weighted by molar-refractivity contribution is 0.0975. The molecule has 1 aromatic rings. The Hall–Kier alpha value is -1.09. The molecule has 1 heterocycles. The van der Waals surface area contributed by atoms with Crippen molar-refractivity contribution in [3.05, 3.63) is 23.9 Å². The van der Waals surface area contributed by atoms with Gasteiger partial charge in [0.05, 0.1) is 0 Å². The Bertz CT molecular complexity index is 364. The second-order valence-corrected chi connectivity index (χ2v) is 5.60. The molecule has 3 heteroatoms. The van der Waals surface area contributed by atoms with Crippen LogP contribution in [-0.2, 0) is 6.54 Å². The van der Waals surface area contributed by atoms with Crippen molar-refractivity contribution in [2.75, 3.05) is 6.54 Å². The molecule has 0 amide bonds. The van der Waals surface area contributed by atoms with Crippen molar-refractivity contribution in [3.8, 4) is 5.88 Å². The van der Waals surface area contributed by atoms with E-state index in [4.69, 9.17) is 4.74 Å². The van der Waals surface area contributed by atoms with Crippen LogP contribution in [0.2, 0.25) is 0 Å². The zero-order chi connectivity index (χ0) is 13.5. The van der Waals surface area contributed by atoms with Crippen LogP contribution in [0.25, 0.3) is 0 Å². The van der Waals surface area contributed by atoms with Gasteiger partial charge in [0.15, 0.2) is 0 Å². The van der Waals surface area contributed by atoms with E-state index < -0.39 is 0 Å². The summed E-state index contributed by atoms with van der Waals surface area (Å²) in [7, 11) is 0. The molecule has 1 aromatic heterocycles. The number of pyridine rings is 1. The van der Waals surface area contributed by atoms with Gasteiger partial charge in [-0.15, -0.1) is 0 Å². The average Bonchev–Trinajstić information content (AvgIpc) is 2.44. The summed E-state index contributed by atoms with van der Waals surface area (Å²) in [4.78, 5) is 4.42. The van der Waals surface area contributed by atoms with Crippen LogP contribution in [0.4, 0.5) is 0 Å².